The van der Waals surface area contributed by atoms with Crippen LogP contribution < -0.4 is 5.32 Å². The van der Waals surface area contributed by atoms with E-state index in [0.717, 1.165) is 10.7 Å². The number of carbonyl (C=O) groups excluding carboxylic acids is 2. The van der Waals surface area contributed by atoms with Crippen LogP contribution in [0.4, 0.5) is 0 Å². The molecule has 0 atom stereocenters. The first-order valence-corrected chi connectivity index (χ1v) is 7.40. The average molecular weight is 281 g/mol. The minimum Gasteiger partial charge on any atom is -0.340 e. The van der Waals surface area contributed by atoms with Gasteiger partial charge in [0, 0.05) is 11.1 Å². The van der Waals surface area contributed by atoms with Gasteiger partial charge in [0.25, 0.3) is 0 Å². The first kappa shape index (κ1) is 14.0. The zero-order valence-corrected chi connectivity index (χ0v) is 12.3. The fraction of sp³-hybridized carbons (Fsp3) is 0.615. The zero-order chi connectivity index (χ0) is 14.0. The fourth-order valence-electron chi connectivity index (χ4n) is 2.40. The van der Waals surface area contributed by atoms with Crippen LogP contribution in [0.5, 0.6) is 0 Å². The first-order chi connectivity index (χ1) is 9.00. The Labute approximate surface area is 117 Å². The molecule has 5 nitrogen and oxygen atoms in total. The summed E-state index contributed by atoms with van der Waals surface area (Å²) in [6, 6.07) is 0. The average Bonchev–Trinajstić information content (AvgIpc) is 2.79. The summed E-state index contributed by atoms with van der Waals surface area (Å²) in [6.07, 6.45) is 1.23. The highest BCUT2D eigenvalue weighted by Crippen LogP contribution is 2.24. The van der Waals surface area contributed by atoms with Gasteiger partial charge in [0.05, 0.1) is 6.54 Å². The lowest BCUT2D eigenvalue weighted by atomic mass is 9.89. The predicted octanol–water partition coefficient (Wildman–Crippen LogP) is 1.47. The molecule has 6 heteroatoms. The number of thiazole rings is 1. The summed E-state index contributed by atoms with van der Waals surface area (Å²) in [5.41, 5.74) is 0.216. The minimum atomic E-state index is -0.734. The van der Waals surface area contributed by atoms with E-state index in [1.807, 2.05) is 26.2 Å². The topological polar surface area (TPSA) is 62.3 Å². The molecular formula is C13H19N3O2S. The van der Waals surface area contributed by atoms with E-state index in [1.165, 1.54) is 11.3 Å². The van der Waals surface area contributed by atoms with Crippen molar-refractivity contribution >= 4 is 23.2 Å². The third kappa shape index (κ3) is 2.63. The molecule has 1 saturated heterocycles. The van der Waals surface area contributed by atoms with E-state index in [0.29, 0.717) is 19.4 Å². The summed E-state index contributed by atoms with van der Waals surface area (Å²) < 4.78 is 0. The van der Waals surface area contributed by atoms with Gasteiger partial charge in [0.1, 0.15) is 17.1 Å². The van der Waals surface area contributed by atoms with Crippen molar-refractivity contribution in [3.8, 4) is 0 Å². The fourth-order valence-corrected chi connectivity index (χ4v) is 3.19. The third-order valence-corrected chi connectivity index (χ3v) is 4.56. The molecule has 1 aromatic rings. The molecule has 0 bridgehead atoms. The van der Waals surface area contributed by atoms with Crippen LogP contribution in [-0.2, 0) is 16.1 Å². The van der Waals surface area contributed by atoms with E-state index >= 15 is 0 Å². The summed E-state index contributed by atoms with van der Waals surface area (Å²) in [4.78, 5) is 30.4. The van der Waals surface area contributed by atoms with Gasteiger partial charge in [-0.2, -0.15) is 0 Å². The molecule has 0 radical (unpaired) electrons. The number of hydrogen-bond acceptors (Lipinski definition) is 4. The molecule has 2 rings (SSSR count). The zero-order valence-electron chi connectivity index (χ0n) is 11.5. The molecule has 1 N–H and O–H groups in total. The maximum absolute atomic E-state index is 12.6. The lowest BCUT2D eigenvalue weighted by Crippen LogP contribution is -2.65. The maximum atomic E-state index is 12.6. The van der Waals surface area contributed by atoms with Crippen molar-refractivity contribution in [1.82, 2.24) is 15.2 Å². The van der Waals surface area contributed by atoms with E-state index in [9.17, 15) is 9.59 Å². The van der Waals surface area contributed by atoms with Gasteiger partial charge < -0.3 is 10.2 Å². The monoisotopic (exact) mass is 281 g/mol. The number of piperazine rings is 1. The van der Waals surface area contributed by atoms with Crippen LogP contribution in [0.2, 0.25) is 0 Å². The van der Waals surface area contributed by atoms with E-state index in [-0.39, 0.29) is 18.4 Å². The summed E-state index contributed by atoms with van der Waals surface area (Å²) in [5, 5.41) is 5.68. The number of carbonyl (C=O) groups is 2. The van der Waals surface area contributed by atoms with Gasteiger partial charge in [-0.3, -0.25) is 9.59 Å². The van der Waals surface area contributed by atoms with Gasteiger partial charge >= 0.3 is 0 Å². The summed E-state index contributed by atoms with van der Waals surface area (Å²) >= 11 is 1.53. The number of aryl methyl sites for hydroxylation is 1. The Morgan fingerprint density at radius 2 is 2.11 bits per heavy atom. The molecule has 19 heavy (non-hydrogen) atoms. The largest absolute Gasteiger partial charge is 0.340 e. The third-order valence-electron chi connectivity index (χ3n) is 3.61. The minimum absolute atomic E-state index is 0.00459. The molecule has 2 heterocycles. The number of nitrogens with zero attached hydrogens (tertiary/aromatic N) is 2. The van der Waals surface area contributed by atoms with Gasteiger partial charge in [-0.25, -0.2) is 4.98 Å². The predicted molar refractivity (Wildman–Crippen MR) is 73.7 cm³/mol. The Bertz CT molecular complexity index is 494. The Morgan fingerprint density at radius 1 is 1.42 bits per heavy atom. The van der Waals surface area contributed by atoms with Crippen molar-refractivity contribution in [1.29, 1.82) is 0 Å². The summed E-state index contributed by atoms with van der Waals surface area (Å²) in [5.74, 6) is -0.0819. The molecule has 1 aromatic heterocycles. The highest BCUT2D eigenvalue weighted by molar-refractivity contribution is 7.09. The van der Waals surface area contributed by atoms with Gasteiger partial charge in [-0.15, -0.1) is 11.3 Å². The lowest BCUT2D eigenvalue weighted by molar-refractivity contribution is -0.151. The number of nitrogens with one attached hydrogen (secondary N) is 1. The normalized spacial score (nSPS) is 18.6. The molecule has 0 spiro atoms. The quantitative estimate of drug-likeness (QED) is 0.909. The smallest absolute Gasteiger partial charge is 0.249 e. The van der Waals surface area contributed by atoms with Crippen molar-refractivity contribution in [2.24, 2.45) is 0 Å². The molecule has 1 fully saturated rings. The van der Waals surface area contributed by atoms with Crippen molar-refractivity contribution in [3.63, 3.8) is 0 Å². The van der Waals surface area contributed by atoms with Crippen LogP contribution in [0.3, 0.4) is 0 Å². The van der Waals surface area contributed by atoms with Gasteiger partial charge in [-0.1, -0.05) is 13.8 Å². The van der Waals surface area contributed by atoms with Crippen LogP contribution in [0.15, 0.2) is 5.38 Å². The Morgan fingerprint density at radius 3 is 2.63 bits per heavy atom. The van der Waals surface area contributed by atoms with Crippen molar-refractivity contribution in [3.05, 3.63) is 16.1 Å². The van der Waals surface area contributed by atoms with Crippen molar-refractivity contribution in [2.75, 3.05) is 6.54 Å². The van der Waals surface area contributed by atoms with Crippen LogP contribution in [0, 0.1) is 6.92 Å². The number of rotatable bonds is 4. The second kappa shape index (κ2) is 5.28. The number of hydrogen-bond donors (Lipinski definition) is 1. The van der Waals surface area contributed by atoms with Crippen LogP contribution >= 0.6 is 11.3 Å². The molecule has 1 aliphatic rings. The van der Waals surface area contributed by atoms with Crippen LogP contribution in [-0.4, -0.2) is 33.8 Å². The highest BCUT2D eigenvalue weighted by atomic mass is 32.1. The highest BCUT2D eigenvalue weighted by Gasteiger charge is 2.44. The van der Waals surface area contributed by atoms with E-state index in [4.69, 9.17) is 0 Å². The Kier molecular flexibility index (Phi) is 3.89. The number of amides is 2. The standard InChI is InChI=1S/C13H19N3O2S/c1-4-13(5-2)12(18)16(6-10(17)15-13)7-11-14-9(3)8-19-11/h8H,4-7H2,1-3H3,(H,15,17). The SMILES string of the molecule is CCC1(CC)NC(=O)CN(Cc2nc(C)cs2)C1=O. The Hall–Kier alpha value is -1.43. The maximum Gasteiger partial charge on any atom is 0.249 e. The van der Waals surface area contributed by atoms with Crippen molar-refractivity contribution < 1.29 is 9.59 Å². The van der Waals surface area contributed by atoms with E-state index < -0.39 is 5.54 Å². The summed E-state index contributed by atoms with van der Waals surface area (Å²) in [7, 11) is 0. The lowest BCUT2D eigenvalue weighted by Gasteiger charge is -2.40. The molecule has 2 amide bonds. The van der Waals surface area contributed by atoms with E-state index in [2.05, 4.69) is 10.3 Å². The van der Waals surface area contributed by atoms with Crippen LogP contribution in [0.1, 0.15) is 37.4 Å². The molecule has 104 valence electrons. The molecule has 1 aliphatic heterocycles. The second-order valence-corrected chi connectivity index (χ2v) is 5.82. The van der Waals surface area contributed by atoms with Gasteiger partial charge in [0.2, 0.25) is 11.8 Å². The van der Waals surface area contributed by atoms with Crippen LogP contribution in [0.25, 0.3) is 0 Å². The molecular weight excluding hydrogens is 262 g/mol. The molecule has 0 unspecified atom stereocenters. The van der Waals surface area contributed by atoms with Crippen molar-refractivity contribution in [2.45, 2.75) is 45.7 Å². The first-order valence-electron chi connectivity index (χ1n) is 6.52. The molecule has 0 aromatic carbocycles. The number of aromatic nitrogens is 1. The molecule has 0 aliphatic carbocycles. The van der Waals surface area contributed by atoms with Gasteiger partial charge in [-0.05, 0) is 19.8 Å². The van der Waals surface area contributed by atoms with Gasteiger partial charge in [0.15, 0.2) is 0 Å². The Balaban J connectivity index is 2.20. The second-order valence-electron chi connectivity index (χ2n) is 4.88. The van der Waals surface area contributed by atoms with E-state index in [1.54, 1.807) is 4.90 Å². The molecule has 0 saturated carbocycles. The summed E-state index contributed by atoms with van der Waals surface area (Å²) in [6.45, 7) is 6.33.